The first-order valence-electron chi connectivity index (χ1n) is 9.37. The number of aliphatic carboxylic acids is 1. The Hall–Kier alpha value is -2.40. The molecule has 0 aliphatic carbocycles. The molecule has 0 bridgehead atoms. The summed E-state index contributed by atoms with van der Waals surface area (Å²) in [6.45, 7) is 5.22. The number of pyridine rings is 1. The third-order valence-corrected chi connectivity index (χ3v) is 4.94. The molecule has 1 saturated heterocycles. The van der Waals surface area contributed by atoms with Gasteiger partial charge in [-0.2, -0.15) is 0 Å². The van der Waals surface area contributed by atoms with Crippen molar-refractivity contribution >= 4 is 11.7 Å². The number of aromatic nitrogens is 1. The van der Waals surface area contributed by atoms with Gasteiger partial charge in [-0.05, 0) is 42.5 Å². The molecule has 5 nitrogen and oxygen atoms in total. The number of hydrogen-bond donors (Lipinski definition) is 1. The molecule has 1 aromatic carbocycles. The minimum absolute atomic E-state index is 0.267. The molecule has 2 aromatic rings. The summed E-state index contributed by atoms with van der Waals surface area (Å²) in [6.07, 6.45) is 6.61. The Morgan fingerprint density at radius 2 is 1.58 bits per heavy atom. The molecule has 1 aliphatic heterocycles. The number of hydrogen-bond acceptors (Lipinski definition) is 4. The van der Waals surface area contributed by atoms with Crippen molar-refractivity contribution in [2.75, 3.05) is 31.1 Å². The number of benzene rings is 1. The van der Waals surface area contributed by atoms with Crippen molar-refractivity contribution in [3.8, 4) is 0 Å². The van der Waals surface area contributed by atoms with E-state index in [1.165, 1.54) is 16.8 Å². The number of carboxylic acid groups (broad SMARTS) is 1. The maximum absolute atomic E-state index is 10.5. The lowest BCUT2D eigenvalue weighted by molar-refractivity contribution is -0.137. The summed E-state index contributed by atoms with van der Waals surface area (Å²) < 4.78 is 0. The molecule has 3 rings (SSSR count). The number of anilines is 1. The summed E-state index contributed by atoms with van der Waals surface area (Å²) in [6, 6.07) is 12.9. The van der Waals surface area contributed by atoms with Crippen molar-refractivity contribution in [1.82, 2.24) is 9.88 Å². The van der Waals surface area contributed by atoms with Crippen molar-refractivity contribution in [3.05, 3.63) is 59.9 Å². The molecule has 26 heavy (non-hydrogen) atoms. The van der Waals surface area contributed by atoms with E-state index in [0.29, 0.717) is 0 Å². The smallest absolute Gasteiger partial charge is 0.303 e. The Morgan fingerprint density at radius 1 is 0.923 bits per heavy atom. The molecular formula is C21H27N3O2. The summed E-state index contributed by atoms with van der Waals surface area (Å²) in [5.41, 5.74) is 3.89. The van der Waals surface area contributed by atoms with Gasteiger partial charge in [0.2, 0.25) is 0 Å². The molecule has 1 aliphatic rings. The van der Waals surface area contributed by atoms with Crippen LogP contribution in [-0.4, -0.2) is 47.1 Å². The van der Waals surface area contributed by atoms with Gasteiger partial charge in [0.1, 0.15) is 0 Å². The highest BCUT2D eigenvalue weighted by molar-refractivity contribution is 5.66. The lowest BCUT2D eigenvalue weighted by atomic mass is 10.0. The van der Waals surface area contributed by atoms with Crippen molar-refractivity contribution in [2.24, 2.45) is 0 Å². The topological polar surface area (TPSA) is 56.7 Å². The number of rotatable bonds is 8. The van der Waals surface area contributed by atoms with Crippen molar-refractivity contribution in [2.45, 2.75) is 32.2 Å². The monoisotopic (exact) mass is 353 g/mol. The Morgan fingerprint density at radius 3 is 2.23 bits per heavy atom. The van der Waals surface area contributed by atoms with E-state index in [-0.39, 0.29) is 6.42 Å². The van der Waals surface area contributed by atoms with Crippen molar-refractivity contribution in [1.29, 1.82) is 0 Å². The Kier molecular flexibility index (Phi) is 6.61. The lowest BCUT2D eigenvalue weighted by Crippen LogP contribution is -2.45. The summed E-state index contributed by atoms with van der Waals surface area (Å²) in [5.74, 6) is -0.704. The van der Waals surface area contributed by atoms with Gasteiger partial charge in [-0.25, -0.2) is 0 Å². The second kappa shape index (κ2) is 9.34. The van der Waals surface area contributed by atoms with E-state index >= 15 is 0 Å². The highest BCUT2D eigenvalue weighted by atomic mass is 16.4. The molecule has 0 radical (unpaired) electrons. The SMILES string of the molecule is O=C(O)CCCCc1ccc(CN2CCN(c3ccncc3)CC2)cc1. The van der Waals surface area contributed by atoms with Crippen LogP contribution in [0.2, 0.25) is 0 Å². The van der Waals surface area contributed by atoms with Crippen LogP contribution < -0.4 is 4.90 Å². The summed E-state index contributed by atoms with van der Waals surface area (Å²) >= 11 is 0. The van der Waals surface area contributed by atoms with Crippen LogP contribution in [0.1, 0.15) is 30.4 Å². The van der Waals surface area contributed by atoms with Gasteiger partial charge in [-0.3, -0.25) is 14.7 Å². The van der Waals surface area contributed by atoms with Crippen LogP contribution in [0.15, 0.2) is 48.8 Å². The van der Waals surface area contributed by atoms with Gasteiger partial charge in [0, 0.05) is 57.2 Å². The van der Waals surface area contributed by atoms with Crippen molar-refractivity contribution < 1.29 is 9.90 Å². The molecule has 1 N–H and O–H groups in total. The van der Waals surface area contributed by atoms with E-state index in [9.17, 15) is 4.79 Å². The lowest BCUT2D eigenvalue weighted by Gasteiger charge is -2.36. The fourth-order valence-corrected chi connectivity index (χ4v) is 3.39. The average Bonchev–Trinajstić information content (AvgIpc) is 2.68. The Labute approximate surface area is 155 Å². The van der Waals surface area contributed by atoms with E-state index in [1.54, 1.807) is 0 Å². The molecule has 1 aromatic heterocycles. The zero-order valence-corrected chi connectivity index (χ0v) is 15.2. The maximum atomic E-state index is 10.5. The van der Waals surface area contributed by atoms with Gasteiger partial charge in [0.05, 0.1) is 0 Å². The standard InChI is InChI=1S/C21H27N3O2/c25-21(26)4-2-1-3-18-5-7-19(8-6-18)17-23-13-15-24(16-14-23)20-9-11-22-12-10-20/h5-12H,1-4,13-17H2,(H,25,26). The predicted octanol–water partition coefficient (Wildman–Crippen LogP) is 3.20. The Balaban J connectivity index is 1.41. The van der Waals surface area contributed by atoms with E-state index in [2.05, 4.69) is 51.2 Å². The third-order valence-electron chi connectivity index (χ3n) is 4.94. The highest BCUT2D eigenvalue weighted by Gasteiger charge is 2.17. The molecular weight excluding hydrogens is 326 g/mol. The second-order valence-corrected chi connectivity index (χ2v) is 6.89. The minimum Gasteiger partial charge on any atom is -0.481 e. The molecule has 1 fully saturated rings. The van der Waals surface area contributed by atoms with Crippen LogP contribution in [0.25, 0.3) is 0 Å². The largest absolute Gasteiger partial charge is 0.481 e. The van der Waals surface area contributed by atoms with Gasteiger partial charge in [0.25, 0.3) is 0 Å². The maximum Gasteiger partial charge on any atom is 0.303 e. The molecule has 0 unspecified atom stereocenters. The number of aryl methyl sites for hydroxylation is 1. The number of unbranched alkanes of at least 4 members (excludes halogenated alkanes) is 1. The molecule has 0 spiro atoms. The molecule has 5 heteroatoms. The van der Waals surface area contributed by atoms with E-state index in [1.807, 2.05) is 12.4 Å². The van der Waals surface area contributed by atoms with Crippen LogP contribution in [0.5, 0.6) is 0 Å². The first-order valence-corrected chi connectivity index (χ1v) is 9.37. The number of carboxylic acids is 1. The third kappa shape index (κ3) is 5.56. The van der Waals surface area contributed by atoms with Crippen molar-refractivity contribution in [3.63, 3.8) is 0 Å². The first-order chi connectivity index (χ1) is 12.7. The van der Waals surface area contributed by atoms with Gasteiger partial charge >= 0.3 is 5.97 Å². The molecule has 138 valence electrons. The van der Waals surface area contributed by atoms with Crippen LogP contribution in [0.4, 0.5) is 5.69 Å². The number of nitrogens with zero attached hydrogens (tertiary/aromatic N) is 3. The first kappa shape index (κ1) is 18.4. The molecule has 0 saturated carbocycles. The van der Waals surface area contributed by atoms with Gasteiger partial charge in [-0.15, -0.1) is 0 Å². The number of carbonyl (C=O) groups is 1. The normalized spacial score (nSPS) is 15.2. The van der Waals surface area contributed by atoms with Gasteiger partial charge in [-0.1, -0.05) is 24.3 Å². The molecule has 0 amide bonds. The summed E-state index contributed by atoms with van der Waals surface area (Å²) in [4.78, 5) is 19.5. The zero-order valence-electron chi connectivity index (χ0n) is 15.2. The fraction of sp³-hybridized carbons (Fsp3) is 0.429. The average molecular weight is 353 g/mol. The molecule has 0 atom stereocenters. The Bertz CT molecular complexity index is 680. The van der Waals surface area contributed by atoms with Crippen LogP contribution in [-0.2, 0) is 17.8 Å². The van der Waals surface area contributed by atoms with Gasteiger partial charge in [0.15, 0.2) is 0 Å². The van der Waals surface area contributed by atoms with Crippen LogP contribution in [0, 0.1) is 0 Å². The van der Waals surface area contributed by atoms with E-state index < -0.39 is 5.97 Å². The second-order valence-electron chi connectivity index (χ2n) is 6.89. The summed E-state index contributed by atoms with van der Waals surface area (Å²) in [7, 11) is 0. The minimum atomic E-state index is -0.704. The predicted molar refractivity (Wildman–Crippen MR) is 103 cm³/mol. The van der Waals surface area contributed by atoms with Gasteiger partial charge < -0.3 is 10.0 Å². The summed E-state index contributed by atoms with van der Waals surface area (Å²) in [5, 5.41) is 8.67. The van der Waals surface area contributed by atoms with E-state index in [4.69, 9.17) is 5.11 Å². The van der Waals surface area contributed by atoms with Crippen LogP contribution >= 0.6 is 0 Å². The fourth-order valence-electron chi connectivity index (χ4n) is 3.39. The quantitative estimate of drug-likeness (QED) is 0.739. The zero-order chi connectivity index (χ0) is 18.2. The highest BCUT2D eigenvalue weighted by Crippen LogP contribution is 2.17. The van der Waals surface area contributed by atoms with E-state index in [0.717, 1.165) is 52.0 Å². The molecule has 2 heterocycles. The van der Waals surface area contributed by atoms with Crippen LogP contribution in [0.3, 0.4) is 0 Å². The number of piperazine rings is 1.